The fourth-order valence-electron chi connectivity index (χ4n) is 3.17. The number of hydrogen-bond donors (Lipinski definition) is 2. The van der Waals surface area contributed by atoms with Crippen LogP contribution in [0, 0.1) is 6.92 Å². The molecule has 0 spiro atoms. The lowest BCUT2D eigenvalue weighted by Gasteiger charge is -2.06. The lowest BCUT2D eigenvalue weighted by molar-refractivity contribution is 1.11. The van der Waals surface area contributed by atoms with Crippen LogP contribution < -0.4 is 5.32 Å². The van der Waals surface area contributed by atoms with E-state index < -0.39 is 0 Å². The summed E-state index contributed by atoms with van der Waals surface area (Å²) in [5.74, 6) is 0. The van der Waals surface area contributed by atoms with Crippen LogP contribution >= 0.6 is 0 Å². The van der Waals surface area contributed by atoms with Crippen molar-refractivity contribution < 1.29 is 0 Å². The quantitative estimate of drug-likeness (QED) is 0.545. The molecule has 0 saturated carbocycles. The maximum atomic E-state index is 4.56. The maximum Gasteiger partial charge on any atom is 0.137 e. The third-order valence-electron chi connectivity index (χ3n) is 4.53. The molecule has 0 fully saturated rings. The molecule has 0 aliphatic heterocycles. The number of fused-ring (bicyclic) bond motifs is 2. The molecule has 3 heterocycles. The second-order valence-corrected chi connectivity index (χ2v) is 6.11. The minimum absolute atomic E-state index is 0.859. The Kier molecular flexibility index (Phi) is 3.97. The van der Waals surface area contributed by atoms with Crippen LogP contribution in [0.5, 0.6) is 0 Å². The molecule has 0 bridgehead atoms. The highest BCUT2D eigenvalue weighted by atomic mass is 14.8. The Morgan fingerprint density at radius 3 is 2.85 bits per heavy atom. The second-order valence-electron chi connectivity index (χ2n) is 6.11. The molecule has 26 heavy (non-hydrogen) atoms. The van der Waals surface area contributed by atoms with Gasteiger partial charge in [-0.2, -0.15) is 0 Å². The van der Waals surface area contributed by atoms with Crippen molar-refractivity contribution in [1.82, 2.24) is 25.3 Å². The number of nitrogens with one attached hydrogen (secondary N) is 2. The van der Waals surface area contributed by atoms with Crippen LogP contribution in [-0.2, 0) is 0 Å². The number of aromatic nitrogens is 4. The van der Waals surface area contributed by atoms with Gasteiger partial charge in [-0.15, -0.1) is 0 Å². The molecule has 0 radical (unpaired) electrons. The van der Waals surface area contributed by atoms with Gasteiger partial charge in [-0.25, -0.2) is 15.0 Å². The summed E-state index contributed by atoms with van der Waals surface area (Å²) in [5, 5.41) is 5.18. The highest BCUT2D eigenvalue weighted by Gasteiger charge is 2.11. The summed E-state index contributed by atoms with van der Waals surface area (Å²) in [6.45, 7) is 5.89. The van der Waals surface area contributed by atoms with Gasteiger partial charge >= 0.3 is 0 Å². The van der Waals surface area contributed by atoms with Crippen molar-refractivity contribution in [2.24, 2.45) is 0 Å². The number of pyridine rings is 1. The summed E-state index contributed by atoms with van der Waals surface area (Å²) in [7, 11) is 1.87. The first-order valence-corrected chi connectivity index (χ1v) is 8.40. The topological polar surface area (TPSA) is 66.5 Å². The van der Waals surface area contributed by atoms with Crippen molar-refractivity contribution in [3.63, 3.8) is 0 Å². The van der Waals surface area contributed by atoms with Crippen molar-refractivity contribution in [2.45, 2.75) is 6.92 Å². The molecule has 0 unspecified atom stereocenters. The monoisotopic (exact) mass is 341 g/mol. The first-order chi connectivity index (χ1) is 12.7. The Labute approximate surface area is 151 Å². The summed E-state index contributed by atoms with van der Waals surface area (Å²) in [5.41, 5.74) is 7.01. The van der Waals surface area contributed by atoms with E-state index in [1.54, 1.807) is 6.33 Å². The molecule has 2 N–H and O–H groups in total. The second kappa shape index (κ2) is 6.44. The van der Waals surface area contributed by atoms with Crippen molar-refractivity contribution in [1.29, 1.82) is 0 Å². The SMILES string of the molecule is C=C/C(=C\NC)c1cnc2[nH]cc(-c3ccc4ncnc(C)c4c3)c2c1. The van der Waals surface area contributed by atoms with Crippen LogP contribution in [0.1, 0.15) is 11.3 Å². The number of rotatable bonds is 4. The van der Waals surface area contributed by atoms with Gasteiger partial charge in [0.15, 0.2) is 0 Å². The summed E-state index contributed by atoms with van der Waals surface area (Å²) in [6.07, 6.45) is 9.19. The molecule has 128 valence electrons. The molecule has 3 aromatic heterocycles. The van der Waals surface area contributed by atoms with E-state index in [9.17, 15) is 0 Å². The molecule has 0 amide bonds. The lowest BCUT2D eigenvalue weighted by atomic mass is 10.0. The van der Waals surface area contributed by atoms with Gasteiger partial charge in [0.05, 0.1) is 5.52 Å². The lowest BCUT2D eigenvalue weighted by Crippen LogP contribution is -1.95. The minimum atomic E-state index is 0.859. The third kappa shape index (κ3) is 2.63. The van der Waals surface area contributed by atoms with Crippen molar-refractivity contribution in [3.05, 3.63) is 73.1 Å². The van der Waals surface area contributed by atoms with Crippen molar-refractivity contribution >= 4 is 27.5 Å². The number of H-pyrrole nitrogens is 1. The summed E-state index contributed by atoms with van der Waals surface area (Å²) in [6, 6.07) is 8.39. The van der Waals surface area contributed by atoms with Gasteiger partial charge in [0.2, 0.25) is 0 Å². The van der Waals surface area contributed by atoms with Gasteiger partial charge < -0.3 is 10.3 Å². The first-order valence-electron chi connectivity index (χ1n) is 8.40. The average Bonchev–Trinajstić information content (AvgIpc) is 3.09. The fourth-order valence-corrected chi connectivity index (χ4v) is 3.17. The van der Waals surface area contributed by atoms with Crippen LogP contribution in [0.2, 0.25) is 0 Å². The molecular weight excluding hydrogens is 322 g/mol. The number of aryl methyl sites for hydroxylation is 1. The van der Waals surface area contributed by atoms with Crippen molar-refractivity contribution in [3.8, 4) is 11.1 Å². The van der Waals surface area contributed by atoms with Gasteiger partial charge in [0, 0.05) is 53.2 Å². The van der Waals surface area contributed by atoms with Gasteiger partial charge in [-0.05, 0) is 36.3 Å². The molecule has 0 saturated heterocycles. The highest BCUT2D eigenvalue weighted by molar-refractivity contribution is 5.98. The largest absolute Gasteiger partial charge is 0.393 e. The minimum Gasteiger partial charge on any atom is -0.393 e. The number of aromatic amines is 1. The van der Waals surface area contributed by atoms with Crippen molar-refractivity contribution in [2.75, 3.05) is 7.05 Å². The van der Waals surface area contributed by atoms with Gasteiger partial charge in [-0.1, -0.05) is 18.7 Å². The summed E-state index contributed by atoms with van der Waals surface area (Å²) < 4.78 is 0. The highest BCUT2D eigenvalue weighted by Crippen LogP contribution is 2.31. The van der Waals surface area contributed by atoms with E-state index in [1.165, 1.54) is 0 Å². The summed E-state index contributed by atoms with van der Waals surface area (Å²) >= 11 is 0. The Hall–Kier alpha value is -3.47. The van der Waals surface area contributed by atoms with E-state index in [4.69, 9.17) is 0 Å². The van der Waals surface area contributed by atoms with E-state index in [0.29, 0.717) is 0 Å². The standard InChI is InChI=1S/C21H19N5/c1-4-14(9-22-3)16-8-18-19(11-24-21(18)23-10-16)15-5-6-20-17(7-15)13(2)25-12-26-20/h4-12,22H,1H2,2-3H3,(H,23,24)/b14-9+. The van der Waals surface area contributed by atoms with Crippen LogP contribution in [0.3, 0.4) is 0 Å². The van der Waals surface area contributed by atoms with Crippen LogP contribution in [0.25, 0.3) is 38.6 Å². The Balaban J connectivity index is 1.90. The number of benzene rings is 1. The zero-order valence-corrected chi connectivity index (χ0v) is 14.7. The maximum absolute atomic E-state index is 4.56. The van der Waals surface area contributed by atoms with Gasteiger partial charge in [0.25, 0.3) is 0 Å². The number of allylic oxidation sites excluding steroid dienone is 2. The zero-order chi connectivity index (χ0) is 18.1. The fraction of sp³-hybridized carbons (Fsp3) is 0.0952. The van der Waals surface area contributed by atoms with E-state index in [-0.39, 0.29) is 0 Å². The molecular formula is C21H19N5. The molecule has 4 rings (SSSR count). The number of nitrogens with zero attached hydrogens (tertiary/aromatic N) is 3. The Morgan fingerprint density at radius 1 is 1.15 bits per heavy atom. The van der Waals surface area contributed by atoms with E-state index in [0.717, 1.165) is 49.9 Å². The van der Waals surface area contributed by atoms with E-state index >= 15 is 0 Å². The van der Waals surface area contributed by atoms with E-state index in [1.807, 2.05) is 44.7 Å². The van der Waals surface area contributed by atoms with Gasteiger partial charge in [-0.3, -0.25) is 0 Å². The molecule has 1 aromatic carbocycles. The molecule has 4 aromatic rings. The predicted octanol–water partition coefficient (Wildman–Crippen LogP) is 4.23. The third-order valence-corrected chi connectivity index (χ3v) is 4.53. The Morgan fingerprint density at radius 2 is 2.04 bits per heavy atom. The summed E-state index contributed by atoms with van der Waals surface area (Å²) in [4.78, 5) is 16.5. The Bertz CT molecular complexity index is 1150. The normalized spacial score (nSPS) is 11.8. The molecule has 0 atom stereocenters. The van der Waals surface area contributed by atoms with Gasteiger partial charge in [0.1, 0.15) is 12.0 Å². The van der Waals surface area contributed by atoms with Crippen LogP contribution in [0.4, 0.5) is 0 Å². The molecule has 0 aliphatic rings. The van der Waals surface area contributed by atoms with E-state index in [2.05, 4.69) is 50.0 Å². The van der Waals surface area contributed by atoms with Crippen LogP contribution in [-0.4, -0.2) is 27.0 Å². The average molecular weight is 341 g/mol. The number of hydrogen-bond acceptors (Lipinski definition) is 4. The molecule has 0 aliphatic carbocycles. The predicted molar refractivity (Wildman–Crippen MR) is 107 cm³/mol. The first kappa shape index (κ1) is 16.0. The zero-order valence-electron chi connectivity index (χ0n) is 14.7. The molecule has 5 heteroatoms. The smallest absolute Gasteiger partial charge is 0.137 e. The van der Waals surface area contributed by atoms with Crippen LogP contribution in [0.15, 0.2) is 61.8 Å². The molecule has 5 nitrogen and oxygen atoms in total.